The van der Waals surface area contributed by atoms with E-state index in [4.69, 9.17) is 0 Å². The van der Waals surface area contributed by atoms with Crippen LogP contribution in [0.25, 0.3) is 0 Å². The third-order valence-corrected chi connectivity index (χ3v) is 4.44. The van der Waals surface area contributed by atoms with Gasteiger partial charge in [0.05, 0.1) is 0 Å². The molecule has 0 N–H and O–H groups in total. The van der Waals surface area contributed by atoms with E-state index in [9.17, 15) is 0 Å². The summed E-state index contributed by atoms with van der Waals surface area (Å²) in [5.74, 6) is 0. The second kappa shape index (κ2) is 10.0. The van der Waals surface area contributed by atoms with E-state index in [0.29, 0.717) is 0 Å². The third kappa shape index (κ3) is 6.10. The molecule has 0 aliphatic carbocycles. The maximum absolute atomic E-state index is 2.57. The molecule has 4 heteroatoms. The Morgan fingerprint density at radius 2 is 1.04 bits per heavy atom. The Morgan fingerprint density at radius 3 is 1.38 bits per heavy atom. The summed E-state index contributed by atoms with van der Waals surface area (Å²) in [7, 11) is 0. The fourth-order valence-electron chi connectivity index (χ4n) is 3.24. The summed E-state index contributed by atoms with van der Waals surface area (Å²) < 4.78 is 0. The summed E-state index contributed by atoms with van der Waals surface area (Å²) in [5, 5.41) is 0. The van der Waals surface area contributed by atoms with Gasteiger partial charge in [-0.3, -0.25) is 9.80 Å². The molecule has 0 spiro atoms. The molecule has 24 heavy (non-hydrogen) atoms. The Labute approximate surface area is 158 Å². The van der Waals surface area contributed by atoms with E-state index in [1.165, 1.54) is 48.4 Å². The van der Waals surface area contributed by atoms with Gasteiger partial charge in [-0.2, -0.15) is 0 Å². The van der Waals surface area contributed by atoms with Crippen LogP contribution in [0, 0.1) is 13.8 Å². The highest BCUT2D eigenvalue weighted by Crippen LogP contribution is 2.13. The van der Waals surface area contributed by atoms with Crippen molar-refractivity contribution in [3.63, 3.8) is 0 Å². The predicted molar refractivity (Wildman–Crippen MR) is 107 cm³/mol. The summed E-state index contributed by atoms with van der Waals surface area (Å²) >= 11 is 0. The van der Waals surface area contributed by atoms with E-state index < -0.39 is 0 Å². The molecule has 1 aliphatic rings. The van der Waals surface area contributed by atoms with Crippen LogP contribution in [0.1, 0.15) is 22.3 Å². The van der Waals surface area contributed by atoms with Crippen LogP contribution in [0.4, 0.5) is 0 Å². The molecule has 1 aliphatic heterocycles. The monoisotopic (exact) mass is 366 g/mol. The van der Waals surface area contributed by atoms with Crippen molar-refractivity contribution in [2.75, 3.05) is 26.2 Å². The Bertz CT molecular complexity index is 567. The molecular weight excluding hydrogens is 339 g/mol. The second-order valence-corrected chi connectivity index (χ2v) is 6.53. The standard InChI is InChI=1S/C20H26N2.2ClH/c1-17-5-3-7-19(13-17)15-21-9-11-22(12-10-21)16-20-8-4-6-18(2)14-20;;/h3-8,13-14H,9-12,15-16H2,1-2H3;2*1H. The molecule has 1 saturated heterocycles. The number of rotatable bonds is 4. The topological polar surface area (TPSA) is 6.48 Å². The van der Waals surface area contributed by atoms with Gasteiger partial charge in [0.1, 0.15) is 0 Å². The lowest BCUT2D eigenvalue weighted by atomic mass is 10.1. The van der Waals surface area contributed by atoms with E-state index in [2.05, 4.69) is 72.2 Å². The van der Waals surface area contributed by atoms with Gasteiger partial charge in [-0.25, -0.2) is 0 Å². The Kier molecular flexibility index (Phi) is 8.79. The van der Waals surface area contributed by atoms with Crippen molar-refractivity contribution in [2.24, 2.45) is 0 Å². The number of aryl methyl sites for hydroxylation is 2. The maximum Gasteiger partial charge on any atom is 0.0234 e. The molecule has 1 heterocycles. The molecule has 2 aromatic carbocycles. The number of benzene rings is 2. The van der Waals surface area contributed by atoms with Crippen LogP contribution >= 0.6 is 24.8 Å². The normalized spacial score (nSPS) is 15.4. The Hall–Kier alpha value is -1.06. The fraction of sp³-hybridized carbons (Fsp3) is 0.400. The van der Waals surface area contributed by atoms with Crippen molar-refractivity contribution in [3.8, 4) is 0 Å². The van der Waals surface area contributed by atoms with Crippen LogP contribution in [0.15, 0.2) is 48.5 Å². The van der Waals surface area contributed by atoms with Crippen molar-refractivity contribution < 1.29 is 0 Å². The summed E-state index contributed by atoms with van der Waals surface area (Å²) in [5.41, 5.74) is 5.59. The molecule has 1 fully saturated rings. The lowest BCUT2D eigenvalue weighted by Crippen LogP contribution is -2.45. The molecule has 2 nitrogen and oxygen atoms in total. The SMILES string of the molecule is Cc1cccc(CN2CCN(Cc3cccc(C)c3)CC2)c1.Cl.Cl. The zero-order chi connectivity index (χ0) is 15.4. The van der Waals surface area contributed by atoms with E-state index in [0.717, 1.165) is 13.1 Å². The second-order valence-electron chi connectivity index (χ2n) is 6.53. The van der Waals surface area contributed by atoms with Gasteiger partial charge in [0.15, 0.2) is 0 Å². The van der Waals surface area contributed by atoms with Gasteiger partial charge in [0.25, 0.3) is 0 Å². The summed E-state index contributed by atoms with van der Waals surface area (Å²) in [6.45, 7) is 11.2. The summed E-state index contributed by atoms with van der Waals surface area (Å²) in [6, 6.07) is 17.8. The number of piperazine rings is 1. The molecule has 0 bridgehead atoms. The van der Waals surface area contributed by atoms with Crippen LogP contribution in [0.3, 0.4) is 0 Å². The molecule has 0 unspecified atom stereocenters. The summed E-state index contributed by atoms with van der Waals surface area (Å²) in [6.07, 6.45) is 0. The molecule has 0 aromatic heterocycles. The summed E-state index contributed by atoms with van der Waals surface area (Å²) in [4.78, 5) is 5.14. The first-order chi connectivity index (χ1) is 10.7. The molecule has 2 aromatic rings. The first-order valence-corrected chi connectivity index (χ1v) is 8.25. The van der Waals surface area contributed by atoms with E-state index in [1.54, 1.807) is 0 Å². The molecular formula is C20H28Cl2N2. The van der Waals surface area contributed by atoms with Gasteiger partial charge < -0.3 is 0 Å². The van der Waals surface area contributed by atoms with Gasteiger partial charge in [-0.1, -0.05) is 59.7 Å². The minimum atomic E-state index is 0. The highest BCUT2D eigenvalue weighted by molar-refractivity contribution is 5.85. The fourth-order valence-corrected chi connectivity index (χ4v) is 3.24. The number of halogens is 2. The maximum atomic E-state index is 2.57. The minimum Gasteiger partial charge on any atom is -0.297 e. The number of hydrogen-bond acceptors (Lipinski definition) is 2. The van der Waals surface area contributed by atoms with Gasteiger partial charge in [0, 0.05) is 39.3 Å². The quantitative estimate of drug-likeness (QED) is 0.787. The van der Waals surface area contributed by atoms with Gasteiger partial charge in [0.2, 0.25) is 0 Å². The van der Waals surface area contributed by atoms with Crippen LogP contribution in [0.2, 0.25) is 0 Å². The molecule has 0 amide bonds. The lowest BCUT2D eigenvalue weighted by molar-refractivity contribution is 0.122. The first-order valence-electron chi connectivity index (χ1n) is 8.25. The van der Waals surface area contributed by atoms with E-state index in [1.807, 2.05) is 0 Å². The lowest BCUT2D eigenvalue weighted by Gasteiger charge is -2.34. The first kappa shape index (κ1) is 21.0. The van der Waals surface area contributed by atoms with Crippen molar-refractivity contribution in [2.45, 2.75) is 26.9 Å². The highest BCUT2D eigenvalue weighted by atomic mass is 35.5. The predicted octanol–water partition coefficient (Wildman–Crippen LogP) is 4.46. The van der Waals surface area contributed by atoms with Gasteiger partial charge in [-0.05, 0) is 25.0 Å². The van der Waals surface area contributed by atoms with Crippen LogP contribution in [0.5, 0.6) is 0 Å². The van der Waals surface area contributed by atoms with E-state index in [-0.39, 0.29) is 24.8 Å². The largest absolute Gasteiger partial charge is 0.297 e. The van der Waals surface area contributed by atoms with E-state index >= 15 is 0 Å². The van der Waals surface area contributed by atoms with Gasteiger partial charge >= 0.3 is 0 Å². The number of nitrogens with zero attached hydrogens (tertiary/aromatic N) is 2. The molecule has 0 saturated carbocycles. The number of hydrogen-bond donors (Lipinski definition) is 0. The van der Waals surface area contributed by atoms with Crippen LogP contribution < -0.4 is 0 Å². The van der Waals surface area contributed by atoms with Crippen molar-refractivity contribution in [3.05, 3.63) is 70.8 Å². The highest BCUT2D eigenvalue weighted by Gasteiger charge is 2.17. The molecule has 132 valence electrons. The van der Waals surface area contributed by atoms with Crippen molar-refractivity contribution in [1.29, 1.82) is 0 Å². The molecule has 0 atom stereocenters. The van der Waals surface area contributed by atoms with Crippen molar-refractivity contribution in [1.82, 2.24) is 9.80 Å². The Balaban J connectivity index is 0.00000144. The van der Waals surface area contributed by atoms with Crippen LogP contribution in [-0.2, 0) is 13.1 Å². The van der Waals surface area contributed by atoms with Gasteiger partial charge in [-0.15, -0.1) is 24.8 Å². The average molecular weight is 367 g/mol. The average Bonchev–Trinajstić information content (AvgIpc) is 2.49. The van der Waals surface area contributed by atoms with Crippen LogP contribution in [-0.4, -0.2) is 36.0 Å². The third-order valence-electron chi connectivity index (χ3n) is 4.44. The smallest absolute Gasteiger partial charge is 0.0234 e. The zero-order valence-electron chi connectivity index (χ0n) is 14.6. The molecule has 3 rings (SSSR count). The Morgan fingerprint density at radius 1 is 0.667 bits per heavy atom. The van der Waals surface area contributed by atoms with Crippen molar-refractivity contribution >= 4 is 24.8 Å². The zero-order valence-corrected chi connectivity index (χ0v) is 16.2. The molecule has 0 radical (unpaired) electrons. The minimum absolute atomic E-state index is 0.